The van der Waals surface area contributed by atoms with Crippen molar-refractivity contribution in [1.82, 2.24) is 20.4 Å². The van der Waals surface area contributed by atoms with Crippen LogP contribution in [0, 0.1) is 0 Å². The van der Waals surface area contributed by atoms with E-state index in [0.717, 1.165) is 28.2 Å². The van der Waals surface area contributed by atoms with Gasteiger partial charge < -0.3 is 14.2 Å². The number of imide groups is 1. The largest absolute Gasteiger partial charge is 0.459 e. The zero-order chi connectivity index (χ0) is 17.7. The van der Waals surface area contributed by atoms with E-state index < -0.39 is 11.6 Å². The fourth-order valence-corrected chi connectivity index (χ4v) is 4.64. The van der Waals surface area contributed by atoms with E-state index in [0.29, 0.717) is 12.2 Å². The van der Waals surface area contributed by atoms with Crippen LogP contribution in [-0.4, -0.2) is 27.0 Å². The first-order valence-electron chi connectivity index (χ1n) is 8.24. The Morgan fingerprint density at radius 3 is 3.08 bits per heavy atom. The molecule has 0 aromatic carbocycles. The van der Waals surface area contributed by atoms with Crippen molar-refractivity contribution >= 4 is 23.3 Å². The van der Waals surface area contributed by atoms with E-state index >= 15 is 0 Å². The minimum atomic E-state index is -0.964. The van der Waals surface area contributed by atoms with Gasteiger partial charge in [0.25, 0.3) is 11.8 Å². The summed E-state index contributed by atoms with van der Waals surface area (Å²) in [6.07, 6.45) is 3.89. The summed E-state index contributed by atoms with van der Waals surface area (Å²) in [4.78, 5) is 28.0. The van der Waals surface area contributed by atoms with Crippen LogP contribution in [0.15, 0.2) is 38.7 Å². The number of furan rings is 1. The van der Waals surface area contributed by atoms with Crippen LogP contribution in [0.25, 0.3) is 11.7 Å². The number of carbonyl (C=O) groups excluding carboxylic acids is 2. The van der Waals surface area contributed by atoms with E-state index in [1.54, 1.807) is 23.5 Å². The lowest BCUT2D eigenvalue weighted by Gasteiger charge is -2.31. The molecule has 3 aromatic heterocycles. The summed E-state index contributed by atoms with van der Waals surface area (Å²) in [6.45, 7) is -0.0698. The number of aromatic nitrogens is 2. The molecule has 0 saturated carbocycles. The van der Waals surface area contributed by atoms with Crippen molar-refractivity contribution in [2.24, 2.45) is 0 Å². The predicted molar refractivity (Wildman–Crippen MR) is 90.0 cm³/mol. The molecule has 1 spiro atoms. The van der Waals surface area contributed by atoms with Gasteiger partial charge in [-0.15, -0.1) is 21.5 Å². The molecule has 1 aliphatic carbocycles. The van der Waals surface area contributed by atoms with Gasteiger partial charge in [-0.05, 0) is 42.8 Å². The number of nitrogens with zero attached hydrogens (tertiary/aromatic N) is 3. The van der Waals surface area contributed by atoms with E-state index in [1.807, 2.05) is 11.4 Å². The molecule has 1 aliphatic heterocycles. The van der Waals surface area contributed by atoms with Crippen LogP contribution < -0.4 is 5.32 Å². The lowest BCUT2D eigenvalue weighted by molar-refractivity contribution is -0.132. The SMILES string of the molecule is O=C1N[C@]2(CCCc3sccc32)C(=O)N1Cc1nnc(-c2ccco2)o1. The van der Waals surface area contributed by atoms with Crippen LogP contribution in [0.5, 0.6) is 0 Å². The molecule has 3 aromatic rings. The number of urea groups is 1. The molecule has 1 saturated heterocycles. The molecule has 132 valence electrons. The average molecular weight is 370 g/mol. The first-order valence-corrected chi connectivity index (χ1v) is 9.12. The van der Waals surface area contributed by atoms with Crippen molar-refractivity contribution < 1.29 is 18.4 Å². The van der Waals surface area contributed by atoms with Gasteiger partial charge >= 0.3 is 6.03 Å². The Kier molecular flexibility index (Phi) is 3.26. The Bertz CT molecular complexity index is 992. The number of fused-ring (bicyclic) bond motifs is 2. The van der Waals surface area contributed by atoms with Crippen molar-refractivity contribution in [1.29, 1.82) is 0 Å². The molecule has 1 N–H and O–H groups in total. The Labute approximate surface area is 151 Å². The van der Waals surface area contributed by atoms with E-state index in [1.165, 1.54) is 6.26 Å². The third kappa shape index (κ3) is 2.13. The highest BCUT2D eigenvalue weighted by molar-refractivity contribution is 7.10. The quantitative estimate of drug-likeness (QED) is 0.711. The molecular weight excluding hydrogens is 356 g/mol. The molecule has 26 heavy (non-hydrogen) atoms. The second kappa shape index (κ2) is 5.53. The molecular formula is C17H14N4O4S. The number of hydrogen-bond donors (Lipinski definition) is 1. The van der Waals surface area contributed by atoms with Crippen molar-refractivity contribution in [2.75, 3.05) is 0 Å². The van der Waals surface area contributed by atoms with Crippen molar-refractivity contribution in [3.63, 3.8) is 0 Å². The second-order valence-corrected chi connectivity index (χ2v) is 7.32. The summed E-state index contributed by atoms with van der Waals surface area (Å²) in [5.41, 5.74) is -0.0504. The van der Waals surface area contributed by atoms with Crippen molar-refractivity contribution in [3.05, 3.63) is 46.2 Å². The van der Waals surface area contributed by atoms with Gasteiger partial charge in [-0.3, -0.25) is 9.69 Å². The highest BCUT2D eigenvalue weighted by Crippen LogP contribution is 2.42. The monoisotopic (exact) mass is 370 g/mol. The summed E-state index contributed by atoms with van der Waals surface area (Å²) in [6, 6.07) is 4.90. The van der Waals surface area contributed by atoms with Crippen LogP contribution in [0.4, 0.5) is 4.79 Å². The number of aryl methyl sites for hydroxylation is 1. The van der Waals surface area contributed by atoms with Crippen molar-refractivity contribution in [3.8, 4) is 11.7 Å². The summed E-state index contributed by atoms with van der Waals surface area (Å²) in [7, 11) is 0. The molecule has 0 bridgehead atoms. The molecule has 0 radical (unpaired) electrons. The zero-order valence-electron chi connectivity index (χ0n) is 13.6. The van der Waals surface area contributed by atoms with Crippen LogP contribution in [0.1, 0.15) is 29.2 Å². The standard InChI is InChI=1S/C17H14N4O4S/c22-15-17(6-1-4-12-10(17)5-8-26-12)18-16(23)21(15)9-13-19-20-14(25-13)11-3-2-7-24-11/h2-3,5,7-8H,1,4,6,9H2,(H,18,23)/t17-/m0/s1. The van der Waals surface area contributed by atoms with Gasteiger partial charge in [-0.25, -0.2) is 4.79 Å². The number of thiophene rings is 1. The summed E-state index contributed by atoms with van der Waals surface area (Å²) < 4.78 is 10.7. The lowest BCUT2D eigenvalue weighted by Crippen LogP contribution is -2.46. The van der Waals surface area contributed by atoms with Gasteiger partial charge in [-0.2, -0.15) is 0 Å². The van der Waals surface area contributed by atoms with Gasteiger partial charge in [0, 0.05) is 10.4 Å². The summed E-state index contributed by atoms with van der Waals surface area (Å²) in [5, 5.41) is 12.7. The molecule has 2 aliphatic rings. The van der Waals surface area contributed by atoms with Crippen LogP contribution in [-0.2, 0) is 23.3 Å². The molecule has 0 unspecified atom stereocenters. The number of rotatable bonds is 3. The van der Waals surface area contributed by atoms with E-state index in [4.69, 9.17) is 8.83 Å². The van der Waals surface area contributed by atoms with E-state index in [9.17, 15) is 9.59 Å². The van der Waals surface area contributed by atoms with Crippen molar-refractivity contribution in [2.45, 2.75) is 31.3 Å². The smallest absolute Gasteiger partial charge is 0.325 e. The van der Waals surface area contributed by atoms with Crippen LogP contribution in [0.2, 0.25) is 0 Å². The Balaban J connectivity index is 1.43. The fourth-order valence-electron chi connectivity index (χ4n) is 3.64. The second-order valence-electron chi connectivity index (χ2n) is 6.32. The normalized spacial score (nSPS) is 22.1. The Hall–Kier alpha value is -2.94. The van der Waals surface area contributed by atoms with Gasteiger partial charge in [0.1, 0.15) is 12.1 Å². The number of carbonyl (C=O) groups is 2. The number of nitrogens with one attached hydrogen (secondary N) is 1. The molecule has 4 heterocycles. The molecule has 1 atom stereocenters. The van der Waals surface area contributed by atoms with Crippen LogP contribution >= 0.6 is 11.3 Å². The minimum absolute atomic E-state index is 0.0698. The fraction of sp³-hybridized carbons (Fsp3) is 0.294. The highest BCUT2D eigenvalue weighted by Gasteiger charge is 2.54. The third-order valence-electron chi connectivity index (χ3n) is 4.83. The summed E-state index contributed by atoms with van der Waals surface area (Å²) in [5.74, 6) is 0.565. The Morgan fingerprint density at radius 1 is 1.31 bits per heavy atom. The average Bonchev–Trinajstić information content (AvgIpc) is 3.41. The molecule has 1 fully saturated rings. The van der Waals surface area contributed by atoms with Gasteiger partial charge in [0.2, 0.25) is 5.89 Å². The van der Waals surface area contributed by atoms with Gasteiger partial charge in [-0.1, -0.05) is 0 Å². The van der Waals surface area contributed by atoms with Gasteiger partial charge in [0.15, 0.2) is 5.76 Å². The summed E-state index contributed by atoms with van der Waals surface area (Å²) >= 11 is 1.62. The number of hydrogen-bond acceptors (Lipinski definition) is 7. The Morgan fingerprint density at radius 2 is 2.23 bits per heavy atom. The highest BCUT2D eigenvalue weighted by atomic mass is 32.1. The predicted octanol–water partition coefficient (Wildman–Crippen LogP) is 2.67. The first-order chi connectivity index (χ1) is 12.7. The molecule has 8 nitrogen and oxygen atoms in total. The topological polar surface area (TPSA) is 101 Å². The molecule has 9 heteroatoms. The number of amides is 3. The lowest BCUT2D eigenvalue weighted by atomic mass is 9.80. The first kappa shape index (κ1) is 15.3. The minimum Gasteiger partial charge on any atom is -0.459 e. The zero-order valence-corrected chi connectivity index (χ0v) is 14.4. The van der Waals surface area contributed by atoms with E-state index in [2.05, 4.69) is 15.5 Å². The van der Waals surface area contributed by atoms with E-state index in [-0.39, 0.29) is 24.2 Å². The van der Waals surface area contributed by atoms with Crippen LogP contribution in [0.3, 0.4) is 0 Å². The third-order valence-corrected chi connectivity index (χ3v) is 5.81. The maximum Gasteiger partial charge on any atom is 0.325 e. The molecule has 3 amide bonds. The maximum atomic E-state index is 13.1. The maximum absolute atomic E-state index is 13.1. The van der Waals surface area contributed by atoms with Gasteiger partial charge in [0.05, 0.1) is 6.26 Å². The molecule has 5 rings (SSSR count).